The molecule has 5 heteroatoms. The van der Waals surface area contributed by atoms with E-state index in [4.69, 9.17) is 20.1 Å². The Labute approximate surface area is 89.7 Å². The number of carbonyl (C=O) groups excluding carboxylic acids is 1. The molecule has 0 fully saturated rings. The van der Waals surface area contributed by atoms with Gasteiger partial charge in [-0.3, -0.25) is 4.79 Å². The maximum Gasteiger partial charge on any atom is 0.314 e. The quantitative estimate of drug-likeness (QED) is 0.471. The van der Waals surface area contributed by atoms with Crippen LogP contribution in [0, 0.1) is 5.41 Å². The zero-order valence-electron chi connectivity index (χ0n) is 9.65. The average molecular weight is 220 g/mol. The molecule has 0 aliphatic rings. The molecule has 0 radical (unpaired) electrons. The Morgan fingerprint density at radius 3 is 2.00 bits per heavy atom. The van der Waals surface area contributed by atoms with E-state index in [1.165, 1.54) is 0 Å². The standard InChI is InChI=1S/C10H20O5/c1-5-7(10(12,13)14)15-8(11)6-9(2,3)4/h7,12-14H,5-6H2,1-4H3. The molecular formula is C10H20O5. The summed E-state index contributed by atoms with van der Waals surface area (Å²) in [6.45, 7) is 7.16. The summed E-state index contributed by atoms with van der Waals surface area (Å²) in [5, 5.41) is 26.6. The van der Waals surface area contributed by atoms with E-state index in [-0.39, 0.29) is 18.3 Å². The first-order valence-electron chi connectivity index (χ1n) is 4.93. The lowest BCUT2D eigenvalue weighted by Crippen LogP contribution is -2.44. The lowest BCUT2D eigenvalue weighted by Gasteiger charge is -2.26. The highest BCUT2D eigenvalue weighted by Crippen LogP contribution is 2.21. The van der Waals surface area contributed by atoms with E-state index in [0.29, 0.717) is 0 Å². The normalized spacial score (nSPS) is 14.9. The third kappa shape index (κ3) is 6.43. The number of carbonyl (C=O) groups is 1. The summed E-state index contributed by atoms with van der Waals surface area (Å²) in [7, 11) is 0. The van der Waals surface area contributed by atoms with E-state index in [1.807, 2.05) is 20.8 Å². The first-order valence-corrected chi connectivity index (χ1v) is 4.93. The second-order valence-electron chi connectivity index (χ2n) is 4.81. The summed E-state index contributed by atoms with van der Waals surface area (Å²) in [5.41, 5.74) is -0.238. The largest absolute Gasteiger partial charge is 0.454 e. The molecule has 90 valence electrons. The number of rotatable bonds is 4. The van der Waals surface area contributed by atoms with Crippen LogP contribution in [0.1, 0.15) is 40.5 Å². The summed E-state index contributed by atoms with van der Waals surface area (Å²) >= 11 is 0. The maximum absolute atomic E-state index is 11.3. The summed E-state index contributed by atoms with van der Waals surface area (Å²) in [5.74, 6) is -3.53. The minimum absolute atomic E-state index is 0.124. The van der Waals surface area contributed by atoms with Gasteiger partial charge in [0.2, 0.25) is 0 Å². The van der Waals surface area contributed by atoms with Gasteiger partial charge >= 0.3 is 11.9 Å². The zero-order valence-corrected chi connectivity index (χ0v) is 9.65. The van der Waals surface area contributed by atoms with Gasteiger partial charge in [0.25, 0.3) is 0 Å². The van der Waals surface area contributed by atoms with Crippen LogP contribution in [0.5, 0.6) is 0 Å². The van der Waals surface area contributed by atoms with Gasteiger partial charge < -0.3 is 20.1 Å². The molecule has 5 nitrogen and oxygen atoms in total. The van der Waals surface area contributed by atoms with Gasteiger partial charge in [0, 0.05) is 0 Å². The number of aliphatic hydroxyl groups is 3. The van der Waals surface area contributed by atoms with Gasteiger partial charge in [-0.05, 0) is 11.8 Å². The van der Waals surface area contributed by atoms with E-state index in [0.717, 1.165) is 0 Å². The highest BCUT2D eigenvalue weighted by Gasteiger charge is 2.34. The van der Waals surface area contributed by atoms with E-state index < -0.39 is 18.0 Å². The molecule has 0 bridgehead atoms. The zero-order chi connectivity index (χ0) is 12.3. The van der Waals surface area contributed by atoms with Gasteiger partial charge in [0.15, 0.2) is 6.10 Å². The number of hydrogen-bond acceptors (Lipinski definition) is 5. The number of esters is 1. The van der Waals surface area contributed by atoms with E-state index in [2.05, 4.69) is 0 Å². The Morgan fingerprint density at radius 2 is 1.73 bits per heavy atom. The highest BCUT2D eigenvalue weighted by molar-refractivity contribution is 5.70. The van der Waals surface area contributed by atoms with Crippen LogP contribution in [-0.4, -0.2) is 33.4 Å². The van der Waals surface area contributed by atoms with Gasteiger partial charge in [-0.1, -0.05) is 27.7 Å². The third-order valence-corrected chi connectivity index (χ3v) is 1.75. The molecule has 0 aromatic rings. The average Bonchev–Trinajstić information content (AvgIpc) is 1.94. The van der Waals surface area contributed by atoms with Crippen LogP contribution in [0.4, 0.5) is 0 Å². The fourth-order valence-electron chi connectivity index (χ4n) is 1.07. The van der Waals surface area contributed by atoms with Crippen LogP contribution in [0.2, 0.25) is 0 Å². The predicted octanol–water partition coefficient (Wildman–Crippen LogP) is 0.375. The van der Waals surface area contributed by atoms with Gasteiger partial charge in [-0.2, -0.15) is 0 Å². The van der Waals surface area contributed by atoms with Crippen LogP contribution >= 0.6 is 0 Å². The molecular weight excluding hydrogens is 200 g/mol. The Bertz CT molecular complexity index is 211. The van der Waals surface area contributed by atoms with Crippen molar-refractivity contribution in [1.29, 1.82) is 0 Å². The molecule has 0 spiro atoms. The smallest absolute Gasteiger partial charge is 0.314 e. The van der Waals surface area contributed by atoms with E-state index in [9.17, 15) is 4.79 Å². The van der Waals surface area contributed by atoms with E-state index in [1.54, 1.807) is 6.92 Å². The van der Waals surface area contributed by atoms with Crippen molar-refractivity contribution in [2.45, 2.75) is 52.6 Å². The lowest BCUT2D eigenvalue weighted by molar-refractivity contribution is -0.356. The number of ether oxygens (including phenoxy) is 1. The van der Waals surface area contributed by atoms with Crippen LogP contribution in [0.3, 0.4) is 0 Å². The molecule has 0 heterocycles. The Balaban J connectivity index is 4.27. The molecule has 3 N–H and O–H groups in total. The van der Waals surface area contributed by atoms with Crippen LogP contribution in [-0.2, 0) is 9.53 Å². The van der Waals surface area contributed by atoms with Crippen LogP contribution in [0.25, 0.3) is 0 Å². The molecule has 0 saturated carbocycles. The van der Waals surface area contributed by atoms with Crippen molar-refractivity contribution in [2.24, 2.45) is 5.41 Å². The molecule has 0 rings (SSSR count). The minimum atomic E-state index is -2.97. The minimum Gasteiger partial charge on any atom is -0.454 e. The Kier molecular flexibility index (Phi) is 4.70. The second-order valence-corrected chi connectivity index (χ2v) is 4.81. The monoisotopic (exact) mass is 220 g/mol. The molecule has 0 saturated heterocycles. The molecule has 15 heavy (non-hydrogen) atoms. The molecule has 0 amide bonds. The van der Waals surface area contributed by atoms with Gasteiger partial charge in [0.1, 0.15) is 0 Å². The molecule has 1 unspecified atom stereocenters. The van der Waals surface area contributed by atoms with Gasteiger partial charge in [0.05, 0.1) is 6.42 Å². The summed E-state index contributed by atoms with van der Waals surface area (Å²) in [6, 6.07) is 0. The first kappa shape index (κ1) is 14.3. The molecule has 0 aliphatic heterocycles. The molecule has 0 aliphatic carbocycles. The van der Waals surface area contributed by atoms with E-state index >= 15 is 0 Å². The highest BCUT2D eigenvalue weighted by atomic mass is 16.7. The Morgan fingerprint density at radius 1 is 1.27 bits per heavy atom. The van der Waals surface area contributed by atoms with Crippen molar-refractivity contribution in [3.8, 4) is 0 Å². The topological polar surface area (TPSA) is 87.0 Å². The van der Waals surface area contributed by atoms with Crippen LogP contribution < -0.4 is 0 Å². The van der Waals surface area contributed by atoms with Gasteiger partial charge in [-0.25, -0.2) is 0 Å². The summed E-state index contributed by atoms with van der Waals surface area (Å²) in [6.07, 6.45) is -1.04. The van der Waals surface area contributed by atoms with Crippen molar-refractivity contribution in [3.05, 3.63) is 0 Å². The molecule has 0 aromatic heterocycles. The predicted molar refractivity (Wildman–Crippen MR) is 53.6 cm³/mol. The van der Waals surface area contributed by atoms with Crippen molar-refractivity contribution in [2.75, 3.05) is 0 Å². The fourth-order valence-corrected chi connectivity index (χ4v) is 1.07. The van der Waals surface area contributed by atoms with Crippen molar-refractivity contribution >= 4 is 5.97 Å². The first-order chi connectivity index (χ1) is 6.56. The van der Waals surface area contributed by atoms with Crippen LogP contribution in [0.15, 0.2) is 0 Å². The fraction of sp³-hybridized carbons (Fsp3) is 0.900. The third-order valence-electron chi connectivity index (χ3n) is 1.75. The van der Waals surface area contributed by atoms with Gasteiger partial charge in [-0.15, -0.1) is 0 Å². The SMILES string of the molecule is CCC(OC(=O)CC(C)(C)C)C(O)(O)O. The van der Waals surface area contributed by atoms with Crippen molar-refractivity contribution < 1.29 is 24.9 Å². The van der Waals surface area contributed by atoms with Crippen molar-refractivity contribution in [3.63, 3.8) is 0 Å². The summed E-state index contributed by atoms with van der Waals surface area (Å²) in [4.78, 5) is 11.3. The molecule has 0 aromatic carbocycles. The second kappa shape index (κ2) is 4.92. The maximum atomic E-state index is 11.3. The Hall–Kier alpha value is -0.650. The number of hydrogen-bond donors (Lipinski definition) is 3. The summed E-state index contributed by atoms with van der Waals surface area (Å²) < 4.78 is 4.75. The molecule has 1 atom stereocenters. The lowest BCUT2D eigenvalue weighted by atomic mass is 9.92. The van der Waals surface area contributed by atoms with Crippen molar-refractivity contribution in [1.82, 2.24) is 0 Å².